The first-order valence-corrected chi connectivity index (χ1v) is 5.86. The zero-order valence-corrected chi connectivity index (χ0v) is 10.9. The molecule has 0 spiro atoms. The van der Waals surface area contributed by atoms with Crippen molar-refractivity contribution in [2.24, 2.45) is 7.05 Å². The van der Waals surface area contributed by atoms with Crippen LogP contribution in [0.4, 0.5) is 0 Å². The molecule has 0 aliphatic heterocycles. The van der Waals surface area contributed by atoms with Crippen LogP contribution in [0.5, 0.6) is 0 Å². The molecule has 0 fully saturated rings. The van der Waals surface area contributed by atoms with E-state index in [4.69, 9.17) is 0 Å². The molecule has 0 radical (unpaired) electrons. The second kappa shape index (κ2) is 5.31. The summed E-state index contributed by atoms with van der Waals surface area (Å²) in [6.07, 6.45) is 3.09. The van der Waals surface area contributed by atoms with Crippen LogP contribution in [-0.4, -0.2) is 32.9 Å². The zero-order valence-electron chi connectivity index (χ0n) is 10.9. The average molecular weight is 239 g/mol. The van der Waals surface area contributed by atoms with Crippen molar-refractivity contribution in [1.82, 2.24) is 15.1 Å². The molecular formula is C12H21N3O2. The van der Waals surface area contributed by atoms with Crippen molar-refractivity contribution in [2.45, 2.75) is 39.2 Å². The van der Waals surface area contributed by atoms with Crippen molar-refractivity contribution in [3.63, 3.8) is 0 Å². The van der Waals surface area contributed by atoms with E-state index in [-0.39, 0.29) is 12.5 Å². The van der Waals surface area contributed by atoms with Crippen LogP contribution in [0.25, 0.3) is 0 Å². The lowest BCUT2D eigenvalue weighted by Crippen LogP contribution is -2.40. The van der Waals surface area contributed by atoms with Gasteiger partial charge in [-0.15, -0.1) is 0 Å². The van der Waals surface area contributed by atoms with E-state index in [0.717, 1.165) is 12.1 Å². The Morgan fingerprint density at radius 1 is 1.65 bits per heavy atom. The Balaban J connectivity index is 2.59. The monoisotopic (exact) mass is 239 g/mol. The van der Waals surface area contributed by atoms with Crippen LogP contribution < -0.4 is 5.32 Å². The molecule has 0 bridgehead atoms. The molecule has 1 rings (SSSR count). The summed E-state index contributed by atoms with van der Waals surface area (Å²) in [6, 6.07) is 0. The quantitative estimate of drug-likeness (QED) is 0.806. The van der Waals surface area contributed by atoms with Crippen molar-refractivity contribution in [3.05, 3.63) is 17.5 Å². The van der Waals surface area contributed by atoms with Crippen LogP contribution in [0, 0.1) is 6.92 Å². The van der Waals surface area contributed by atoms with Gasteiger partial charge < -0.3 is 10.4 Å². The van der Waals surface area contributed by atoms with Gasteiger partial charge in [-0.2, -0.15) is 5.10 Å². The van der Waals surface area contributed by atoms with Crippen molar-refractivity contribution < 1.29 is 9.90 Å². The van der Waals surface area contributed by atoms with Crippen LogP contribution in [0.1, 0.15) is 42.7 Å². The van der Waals surface area contributed by atoms with Gasteiger partial charge in [-0.05, 0) is 20.3 Å². The van der Waals surface area contributed by atoms with Gasteiger partial charge in [0.05, 0.1) is 17.4 Å². The molecule has 0 aliphatic carbocycles. The second-order valence-corrected chi connectivity index (χ2v) is 4.70. The highest BCUT2D eigenvalue weighted by molar-refractivity contribution is 5.95. The van der Waals surface area contributed by atoms with Crippen molar-refractivity contribution in [1.29, 1.82) is 0 Å². The predicted molar refractivity (Wildman–Crippen MR) is 65.8 cm³/mol. The fraction of sp³-hybridized carbons (Fsp3) is 0.667. The highest BCUT2D eigenvalue weighted by atomic mass is 16.3. The lowest BCUT2D eigenvalue weighted by atomic mass is 10.0. The van der Waals surface area contributed by atoms with Crippen LogP contribution in [0.15, 0.2) is 6.20 Å². The topological polar surface area (TPSA) is 67.2 Å². The van der Waals surface area contributed by atoms with E-state index in [2.05, 4.69) is 10.4 Å². The molecule has 96 valence electrons. The number of amides is 1. The molecule has 1 aromatic rings. The molecule has 0 saturated heterocycles. The van der Waals surface area contributed by atoms with E-state index in [1.54, 1.807) is 24.9 Å². The number of hydrogen-bond acceptors (Lipinski definition) is 3. The smallest absolute Gasteiger partial charge is 0.254 e. The van der Waals surface area contributed by atoms with Gasteiger partial charge in [0.25, 0.3) is 5.91 Å². The van der Waals surface area contributed by atoms with E-state index < -0.39 is 5.60 Å². The molecule has 17 heavy (non-hydrogen) atoms. The molecule has 1 unspecified atom stereocenters. The highest BCUT2D eigenvalue weighted by Crippen LogP contribution is 2.11. The van der Waals surface area contributed by atoms with Gasteiger partial charge in [0.15, 0.2) is 0 Å². The number of aromatic nitrogens is 2. The van der Waals surface area contributed by atoms with Crippen LogP contribution in [-0.2, 0) is 7.05 Å². The minimum absolute atomic E-state index is 0.188. The van der Waals surface area contributed by atoms with E-state index in [0.29, 0.717) is 12.0 Å². The second-order valence-electron chi connectivity index (χ2n) is 4.70. The summed E-state index contributed by atoms with van der Waals surface area (Å²) in [6.45, 7) is 5.83. The summed E-state index contributed by atoms with van der Waals surface area (Å²) < 4.78 is 1.65. The molecule has 1 amide bonds. The lowest BCUT2D eigenvalue weighted by Gasteiger charge is -2.22. The Hall–Kier alpha value is -1.36. The van der Waals surface area contributed by atoms with Gasteiger partial charge in [-0.25, -0.2) is 0 Å². The lowest BCUT2D eigenvalue weighted by molar-refractivity contribution is 0.0469. The third-order valence-corrected chi connectivity index (χ3v) is 2.90. The van der Waals surface area contributed by atoms with Gasteiger partial charge in [0, 0.05) is 19.3 Å². The number of aliphatic hydroxyl groups is 1. The molecule has 2 N–H and O–H groups in total. The van der Waals surface area contributed by atoms with E-state index in [1.165, 1.54) is 0 Å². The molecule has 0 saturated carbocycles. The first-order valence-electron chi connectivity index (χ1n) is 5.86. The van der Waals surface area contributed by atoms with Crippen molar-refractivity contribution in [3.8, 4) is 0 Å². The number of aryl methyl sites for hydroxylation is 1. The maximum Gasteiger partial charge on any atom is 0.254 e. The van der Waals surface area contributed by atoms with E-state index in [9.17, 15) is 9.90 Å². The predicted octanol–water partition coefficient (Wildman–Crippen LogP) is 1.01. The maximum atomic E-state index is 11.9. The molecule has 1 atom stereocenters. The molecule has 5 nitrogen and oxygen atoms in total. The number of nitrogens with one attached hydrogen (secondary N) is 1. The summed E-state index contributed by atoms with van der Waals surface area (Å²) in [4.78, 5) is 11.9. The van der Waals surface area contributed by atoms with Gasteiger partial charge in [-0.1, -0.05) is 13.3 Å². The van der Waals surface area contributed by atoms with Crippen LogP contribution in [0.2, 0.25) is 0 Å². The Morgan fingerprint density at radius 2 is 2.29 bits per heavy atom. The van der Waals surface area contributed by atoms with Crippen molar-refractivity contribution >= 4 is 5.91 Å². The first-order chi connectivity index (χ1) is 7.87. The van der Waals surface area contributed by atoms with Gasteiger partial charge in [-0.3, -0.25) is 9.48 Å². The third kappa shape index (κ3) is 3.56. The van der Waals surface area contributed by atoms with E-state index in [1.807, 2.05) is 13.8 Å². The standard InChI is InChI=1S/C12H21N3O2/c1-5-6-12(3,17)8-13-11(16)10-7-14-15(4)9(10)2/h7,17H,5-6,8H2,1-4H3,(H,13,16). The summed E-state index contributed by atoms with van der Waals surface area (Å²) in [5.41, 5.74) is 0.526. The minimum Gasteiger partial charge on any atom is -0.388 e. The Morgan fingerprint density at radius 3 is 2.76 bits per heavy atom. The molecule has 5 heteroatoms. The summed E-state index contributed by atoms with van der Waals surface area (Å²) >= 11 is 0. The van der Waals surface area contributed by atoms with Gasteiger partial charge in [0.2, 0.25) is 0 Å². The number of rotatable bonds is 5. The Bertz CT molecular complexity index is 396. The number of hydrogen-bond donors (Lipinski definition) is 2. The van der Waals surface area contributed by atoms with Gasteiger partial charge >= 0.3 is 0 Å². The number of carbonyl (C=O) groups excluding carboxylic acids is 1. The third-order valence-electron chi connectivity index (χ3n) is 2.90. The summed E-state index contributed by atoms with van der Waals surface area (Å²) in [7, 11) is 1.79. The normalized spacial score (nSPS) is 14.4. The highest BCUT2D eigenvalue weighted by Gasteiger charge is 2.21. The summed E-state index contributed by atoms with van der Waals surface area (Å²) in [5, 5.41) is 16.7. The molecule has 1 aromatic heterocycles. The zero-order chi connectivity index (χ0) is 13.1. The Labute approximate surface area is 102 Å². The molecule has 0 aliphatic rings. The van der Waals surface area contributed by atoms with Gasteiger partial charge in [0.1, 0.15) is 0 Å². The number of nitrogens with zero attached hydrogens (tertiary/aromatic N) is 2. The molecule has 1 heterocycles. The maximum absolute atomic E-state index is 11.9. The van der Waals surface area contributed by atoms with Crippen molar-refractivity contribution in [2.75, 3.05) is 6.54 Å². The number of carbonyl (C=O) groups is 1. The van der Waals surface area contributed by atoms with Crippen LogP contribution >= 0.6 is 0 Å². The van der Waals surface area contributed by atoms with E-state index >= 15 is 0 Å². The van der Waals surface area contributed by atoms with Crippen LogP contribution in [0.3, 0.4) is 0 Å². The summed E-state index contributed by atoms with van der Waals surface area (Å²) in [5.74, 6) is -0.188. The Kier molecular flexibility index (Phi) is 4.28. The molecule has 0 aromatic carbocycles. The molecular weight excluding hydrogens is 218 g/mol. The fourth-order valence-electron chi connectivity index (χ4n) is 1.71. The largest absolute Gasteiger partial charge is 0.388 e. The minimum atomic E-state index is -0.847. The SMILES string of the molecule is CCCC(C)(O)CNC(=O)c1cnn(C)c1C. The first kappa shape index (κ1) is 13.7. The fourth-order valence-corrected chi connectivity index (χ4v) is 1.71. The average Bonchev–Trinajstić information content (AvgIpc) is 2.57.